The Morgan fingerprint density at radius 2 is 2.08 bits per heavy atom. The highest BCUT2D eigenvalue weighted by Gasteiger charge is 2.27. The third-order valence-electron chi connectivity index (χ3n) is 4.05. The average molecular weight is 366 g/mol. The van der Waals surface area contributed by atoms with Gasteiger partial charge < -0.3 is 9.47 Å². The Morgan fingerprint density at radius 1 is 1.23 bits per heavy atom. The van der Waals surface area contributed by atoms with Crippen molar-refractivity contribution in [2.24, 2.45) is 0 Å². The van der Waals surface area contributed by atoms with Gasteiger partial charge in [0.15, 0.2) is 16.6 Å². The van der Waals surface area contributed by atoms with E-state index in [9.17, 15) is 4.79 Å². The number of anilines is 1. The molecule has 132 valence electrons. The lowest BCUT2D eigenvalue weighted by molar-refractivity contribution is -0.125. The minimum absolute atomic E-state index is 0.185. The molecule has 1 atom stereocenters. The highest BCUT2D eigenvalue weighted by molar-refractivity contribution is 7.15. The van der Waals surface area contributed by atoms with Gasteiger partial charge in [0.05, 0.1) is 0 Å². The van der Waals surface area contributed by atoms with E-state index in [1.165, 1.54) is 22.5 Å². The fourth-order valence-electron chi connectivity index (χ4n) is 2.80. The third-order valence-corrected chi connectivity index (χ3v) is 4.96. The van der Waals surface area contributed by atoms with E-state index < -0.39 is 6.10 Å². The molecule has 0 fully saturated rings. The fraction of sp³-hybridized carbons (Fsp3) is 0.200. The number of aryl methyl sites for hydroxylation is 1. The molecule has 1 N–H and O–H groups in total. The van der Waals surface area contributed by atoms with E-state index in [2.05, 4.69) is 35.4 Å². The van der Waals surface area contributed by atoms with E-state index in [-0.39, 0.29) is 12.5 Å². The number of ether oxygens (including phenoxy) is 2. The molecule has 1 aromatic heterocycles. The van der Waals surface area contributed by atoms with Gasteiger partial charge in [-0.3, -0.25) is 10.1 Å². The van der Waals surface area contributed by atoms with Crippen LogP contribution in [0.2, 0.25) is 0 Å². The van der Waals surface area contributed by atoms with Gasteiger partial charge in [-0.1, -0.05) is 42.0 Å². The fourth-order valence-corrected chi connectivity index (χ4v) is 3.65. The summed E-state index contributed by atoms with van der Waals surface area (Å²) in [5, 5.41) is 3.39. The number of nitrogens with one attached hydrogen (secondary N) is 1. The predicted molar refractivity (Wildman–Crippen MR) is 101 cm³/mol. The number of hydrogen-bond acceptors (Lipinski definition) is 5. The Labute approximate surface area is 155 Å². The third kappa shape index (κ3) is 3.70. The first-order valence-corrected chi connectivity index (χ1v) is 9.18. The molecule has 2 heterocycles. The van der Waals surface area contributed by atoms with Gasteiger partial charge in [-0.05, 0) is 24.6 Å². The maximum Gasteiger partial charge on any atom is 0.270 e. The molecular formula is C20H18N2O3S. The molecule has 0 bridgehead atoms. The summed E-state index contributed by atoms with van der Waals surface area (Å²) in [6, 6.07) is 15.7. The standard InChI is InChI=1S/C20H18N2O3S/c1-13-5-4-6-14(9-13)10-15-11-21-20(26-15)22-19(23)18-12-24-16-7-2-3-8-17(16)25-18/h2-9,11,18H,10,12H2,1H3,(H,21,22,23). The van der Waals surface area contributed by atoms with Gasteiger partial charge in [-0.2, -0.15) is 0 Å². The van der Waals surface area contributed by atoms with Gasteiger partial charge in [0.2, 0.25) is 6.10 Å². The van der Waals surface area contributed by atoms with Crippen LogP contribution in [0.1, 0.15) is 16.0 Å². The van der Waals surface area contributed by atoms with E-state index in [1.54, 1.807) is 12.3 Å². The minimum atomic E-state index is -0.686. The van der Waals surface area contributed by atoms with Crippen LogP contribution in [0.5, 0.6) is 11.5 Å². The number of benzene rings is 2. The maximum atomic E-state index is 12.4. The van der Waals surface area contributed by atoms with Crippen LogP contribution >= 0.6 is 11.3 Å². The maximum absolute atomic E-state index is 12.4. The second-order valence-corrected chi connectivity index (χ2v) is 7.27. The Morgan fingerprint density at radius 3 is 2.92 bits per heavy atom. The van der Waals surface area contributed by atoms with Gasteiger partial charge in [0.25, 0.3) is 5.91 Å². The molecule has 3 aromatic rings. The van der Waals surface area contributed by atoms with Gasteiger partial charge >= 0.3 is 0 Å². The molecule has 2 aromatic carbocycles. The van der Waals surface area contributed by atoms with Crippen LogP contribution < -0.4 is 14.8 Å². The Balaban J connectivity index is 1.39. The SMILES string of the molecule is Cc1cccc(Cc2cnc(NC(=O)C3COc4ccccc4O3)s2)c1. The summed E-state index contributed by atoms with van der Waals surface area (Å²) in [7, 11) is 0. The second kappa shape index (κ2) is 7.17. The van der Waals surface area contributed by atoms with Crippen molar-refractivity contribution in [1.29, 1.82) is 0 Å². The molecule has 0 saturated heterocycles. The first-order valence-electron chi connectivity index (χ1n) is 8.37. The molecule has 0 spiro atoms. The van der Waals surface area contributed by atoms with Gasteiger partial charge in [0, 0.05) is 17.5 Å². The van der Waals surface area contributed by atoms with Crippen LogP contribution in [0.15, 0.2) is 54.7 Å². The van der Waals surface area contributed by atoms with Crippen molar-refractivity contribution < 1.29 is 14.3 Å². The van der Waals surface area contributed by atoms with E-state index in [4.69, 9.17) is 9.47 Å². The molecule has 26 heavy (non-hydrogen) atoms. The molecule has 5 nitrogen and oxygen atoms in total. The van der Waals surface area contributed by atoms with E-state index in [0.29, 0.717) is 16.6 Å². The second-order valence-electron chi connectivity index (χ2n) is 6.15. The van der Waals surface area contributed by atoms with Crippen molar-refractivity contribution in [1.82, 2.24) is 4.98 Å². The van der Waals surface area contributed by atoms with Gasteiger partial charge in [-0.25, -0.2) is 4.98 Å². The molecule has 0 aliphatic carbocycles. The zero-order valence-electron chi connectivity index (χ0n) is 14.3. The van der Waals surface area contributed by atoms with Crippen LogP contribution in [0.3, 0.4) is 0 Å². The smallest absolute Gasteiger partial charge is 0.270 e. The normalized spacial score (nSPS) is 15.5. The summed E-state index contributed by atoms with van der Waals surface area (Å²) in [4.78, 5) is 17.8. The van der Waals surface area contributed by atoms with Crippen molar-refractivity contribution in [2.75, 3.05) is 11.9 Å². The Bertz CT molecular complexity index is 938. The molecule has 6 heteroatoms. The molecular weight excluding hydrogens is 348 g/mol. The number of fused-ring (bicyclic) bond motifs is 1. The molecule has 4 rings (SSSR count). The topological polar surface area (TPSA) is 60.5 Å². The highest BCUT2D eigenvalue weighted by Crippen LogP contribution is 2.31. The molecule has 0 saturated carbocycles. The lowest BCUT2D eigenvalue weighted by atomic mass is 10.1. The van der Waals surface area contributed by atoms with Crippen LogP contribution in [0.4, 0.5) is 5.13 Å². The zero-order valence-corrected chi connectivity index (χ0v) is 15.1. The van der Waals surface area contributed by atoms with Crippen molar-refractivity contribution in [3.63, 3.8) is 0 Å². The van der Waals surface area contributed by atoms with Crippen molar-refractivity contribution >= 4 is 22.4 Å². The summed E-state index contributed by atoms with van der Waals surface area (Å²) in [6.45, 7) is 2.26. The first kappa shape index (κ1) is 16.6. The number of rotatable bonds is 4. The van der Waals surface area contributed by atoms with E-state index in [0.717, 1.165) is 11.3 Å². The van der Waals surface area contributed by atoms with Crippen LogP contribution in [0.25, 0.3) is 0 Å². The number of hydrogen-bond donors (Lipinski definition) is 1. The number of carbonyl (C=O) groups excluding carboxylic acids is 1. The number of carbonyl (C=O) groups is 1. The molecule has 0 radical (unpaired) electrons. The summed E-state index contributed by atoms with van der Waals surface area (Å²) < 4.78 is 11.3. The first-order chi connectivity index (χ1) is 12.7. The summed E-state index contributed by atoms with van der Waals surface area (Å²) >= 11 is 1.47. The van der Waals surface area contributed by atoms with Gasteiger partial charge in [-0.15, -0.1) is 11.3 Å². The van der Waals surface area contributed by atoms with Gasteiger partial charge in [0.1, 0.15) is 6.61 Å². The number of para-hydroxylation sites is 2. The summed E-state index contributed by atoms with van der Waals surface area (Å²) in [5.74, 6) is 0.986. The summed E-state index contributed by atoms with van der Waals surface area (Å²) in [5.41, 5.74) is 2.46. The largest absolute Gasteiger partial charge is 0.485 e. The van der Waals surface area contributed by atoms with Crippen LogP contribution in [-0.4, -0.2) is 23.6 Å². The van der Waals surface area contributed by atoms with Crippen molar-refractivity contribution in [2.45, 2.75) is 19.4 Å². The zero-order chi connectivity index (χ0) is 17.9. The summed E-state index contributed by atoms with van der Waals surface area (Å²) in [6.07, 6.45) is 1.91. The number of nitrogens with zero attached hydrogens (tertiary/aromatic N) is 1. The lowest BCUT2D eigenvalue weighted by Crippen LogP contribution is -2.40. The lowest BCUT2D eigenvalue weighted by Gasteiger charge is -2.25. The van der Waals surface area contributed by atoms with E-state index >= 15 is 0 Å². The number of amides is 1. The molecule has 1 amide bonds. The minimum Gasteiger partial charge on any atom is -0.485 e. The Hall–Kier alpha value is -2.86. The molecule has 1 unspecified atom stereocenters. The van der Waals surface area contributed by atoms with Crippen molar-refractivity contribution in [3.8, 4) is 11.5 Å². The Kier molecular flexibility index (Phi) is 4.58. The van der Waals surface area contributed by atoms with Crippen LogP contribution in [0, 0.1) is 6.92 Å². The highest BCUT2D eigenvalue weighted by atomic mass is 32.1. The number of thiazole rings is 1. The van der Waals surface area contributed by atoms with Crippen molar-refractivity contribution in [3.05, 3.63) is 70.7 Å². The van der Waals surface area contributed by atoms with E-state index in [1.807, 2.05) is 24.3 Å². The quantitative estimate of drug-likeness (QED) is 0.763. The monoisotopic (exact) mass is 366 g/mol. The number of aromatic nitrogens is 1. The molecule has 1 aliphatic rings. The van der Waals surface area contributed by atoms with Crippen LogP contribution in [-0.2, 0) is 11.2 Å². The molecule has 1 aliphatic heterocycles. The average Bonchev–Trinajstić information content (AvgIpc) is 3.08. The predicted octanol–water partition coefficient (Wildman–Crippen LogP) is 3.82.